The van der Waals surface area contributed by atoms with Crippen molar-refractivity contribution in [3.63, 3.8) is 0 Å². The first-order valence-electron chi connectivity index (χ1n) is 11.1. The van der Waals surface area contributed by atoms with E-state index in [-0.39, 0.29) is 11.9 Å². The van der Waals surface area contributed by atoms with Crippen molar-refractivity contribution in [2.75, 3.05) is 0 Å². The van der Waals surface area contributed by atoms with Crippen LogP contribution in [-0.4, -0.2) is 18.1 Å². The number of carbonyl (C=O) groups is 2. The number of unbranched alkanes of at least 4 members (excludes halogenated alkanes) is 9. The van der Waals surface area contributed by atoms with Crippen LogP contribution in [0, 0.1) is 5.92 Å². The Hall–Kier alpha value is -1.32. The van der Waals surface area contributed by atoms with E-state index in [0.717, 1.165) is 18.8 Å². The van der Waals surface area contributed by atoms with Crippen LogP contribution >= 0.6 is 0 Å². The molecule has 27 heavy (non-hydrogen) atoms. The highest BCUT2D eigenvalue weighted by atomic mass is 16.6. The van der Waals surface area contributed by atoms with Crippen LogP contribution in [0.15, 0.2) is 12.7 Å². The lowest BCUT2D eigenvalue weighted by Crippen LogP contribution is -2.34. The van der Waals surface area contributed by atoms with E-state index in [9.17, 15) is 9.59 Å². The summed E-state index contributed by atoms with van der Waals surface area (Å²) in [6.07, 6.45) is 17.6. The van der Waals surface area contributed by atoms with Gasteiger partial charge in [-0.1, -0.05) is 97.5 Å². The van der Waals surface area contributed by atoms with Gasteiger partial charge in [-0.25, -0.2) is 0 Å². The number of carbonyl (C=O) groups excluding carboxylic acids is 2. The predicted octanol–water partition coefficient (Wildman–Crippen LogP) is 6.30. The topological polar surface area (TPSA) is 55.4 Å². The van der Waals surface area contributed by atoms with Gasteiger partial charge in [-0.2, -0.15) is 0 Å². The van der Waals surface area contributed by atoms with E-state index in [1.165, 1.54) is 76.7 Å². The van der Waals surface area contributed by atoms with Crippen LogP contribution in [0.1, 0.15) is 111 Å². The number of rotatable bonds is 18. The summed E-state index contributed by atoms with van der Waals surface area (Å²) in [5, 5.41) is 2.52. The van der Waals surface area contributed by atoms with Crippen molar-refractivity contribution in [2.45, 2.75) is 117 Å². The third kappa shape index (κ3) is 17.8. The Labute approximate surface area is 167 Å². The lowest BCUT2D eigenvalue weighted by molar-refractivity contribution is -0.150. The minimum absolute atomic E-state index is 0.250. The average molecular weight is 382 g/mol. The first-order chi connectivity index (χ1) is 13.0. The van der Waals surface area contributed by atoms with Crippen molar-refractivity contribution in [2.24, 2.45) is 5.92 Å². The van der Waals surface area contributed by atoms with Crippen LogP contribution in [-0.2, 0) is 14.3 Å². The third-order valence-corrected chi connectivity index (χ3v) is 4.97. The zero-order chi connectivity index (χ0) is 20.3. The summed E-state index contributed by atoms with van der Waals surface area (Å²) in [6, 6.07) is 0. The van der Waals surface area contributed by atoms with Gasteiger partial charge in [-0.05, 0) is 25.3 Å². The molecule has 0 aromatic carbocycles. The first kappa shape index (κ1) is 25.7. The molecule has 0 radical (unpaired) electrons. The molecule has 0 aliphatic carbocycles. The molecule has 0 heterocycles. The summed E-state index contributed by atoms with van der Waals surface area (Å²) in [5.74, 6) is 0.299. The van der Waals surface area contributed by atoms with Gasteiger partial charge in [-0.15, -0.1) is 0 Å². The van der Waals surface area contributed by atoms with E-state index in [1.54, 1.807) is 6.92 Å². The maximum atomic E-state index is 11.7. The SMILES string of the molecule is C=CC(=O)NC(C)OC(=O)CCCCCCCCCC(C)CCCCCC. The van der Waals surface area contributed by atoms with Crippen LogP contribution in [0.5, 0.6) is 0 Å². The molecular weight excluding hydrogens is 338 g/mol. The fraction of sp³-hybridized carbons (Fsp3) is 0.826. The van der Waals surface area contributed by atoms with Crippen molar-refractivity contribution in [3.8, 4) is 0 Å². The quantitative estimate of drug-likeness (QED) is 0.131. The molecule has 0 saturated heterocycles. The monoisotopic (exact) mass is 381 g/mol. The summed E-state index contributed by atoms with van der Waals surface area (Å²) >= 11 is 0. The van der Waals surface area contributed by atoms with Crippen LogP contribution in [0.4, 0.5) is 0 Å². The molecule has 1 amide bonds. The van der Waals surface area contributed by atoms with Gasteiger partial charge >= 0.3 is 5.97 Å². The van der Waals surface area contributed by atoms with Gasteiger partial charge in [0.2, 0.25) is 5.91 Å². The standard InChI is InChI=1S/C23H43NO3/c1-5-7-8-14-17-20(3)18-15-12-10-9-11-13-16-19-23(26)27-21(4)24-22(25)6-2/h6,20-21H,2,5,7-19H2,1,3-4H3,(H,24,25). The number of esters is 1. The molecule has 4 nitrogen and oxygen atoms in total. The molecule has 2 atom stereocenters. The number of amides is 1. The normalized spacial score (nSPS) is 13.0. The molecule has 0 bridgehead atoms. The van der Waals surface area contributed by atoms with Gasteiger partial charge in [0.15, 0.2) is 6.23 Å². The van der Waals surface area contributed by atoms with E-state index in [4.69, 9.17) is 4.74 Å². The van der Waals surface area contributed by atoms with Crippen LogP contribution in [0.25, 0.3) is 0 Å². The number of nitrogens with one attached hydrogen (secondary N) is 1. The lowest BCUT2D eigenvalue weighted by atomic mass is 9.96. The zero-order valence-electron chi connectivity index (χ0n) is 18.1. The summed E-state index contributed by atoms with van der Waals surface area (Å²) < 4.78 is 5.13. The number of ether oxygens (including phenoxy) is 1. The Balaban J connectivity index is 3.40. The van der Waals surface area contributed by atoms with Crippen molar-refractivity contribution >= 4 is 11.9 Å². The van der Waals surface area contributed by atoms with Gasteiger partial charge in [-0.3, -0.25) is 9.59 Å². The Morgan fingerprint density at radius 1 is 0.889 bits per heavy atom. The molecule has 0 aliphatic heterocycles. The van der Waals surface area contributed by atoms with E-state index >= 15 is 0 Å². The predicted molar refractivity (Wildman–Crippen MR) is 113 cm³/mol. The minimum atomic E-state index is -0.600. The molecule has 0 aromatic heterocycles. The summed E-state index contributed by atoms with van der Waals surface area (Å²) in [4.78, 5) is 22.8. The minimum Gasteiger partial charge on any atom is -0.442 e. The van der Waals surface area contributed by atoms with Gasteiger partial charge < -0.3 is 10.1 Å². The highest BCUT2D eigenvalue weighted by Gasteiger charge is 2.10. The Kier molecular flexibility index (Phi) is 17.2. The van der Waals surface area contributed by atoms with Crippen LogP contribution in [0.2, 0.25) is 0 Å². The van der Waals surface area contributed by atoms with Gasteiger partial charge in [0.1, 0.15) is 0 Å². The van der Waals surface area contributed by atoms with E-state index in [2.05, 4.69) is 25.7 Å². The molecule has 2 unspecified atom stereocenters. The average Bonchev–Trinajstić information content (AvgIpc) is 2.63. The molecule has 1 N–H and O–H groups in total. The van der Waals surface area contributed by atoms with Crippen LogP contribution in [0.3, 0.4) is 0 Å². The first-order valence-corrected chi connectivity index (χ1v) is 11.1. The lowest BCUT2D eigenvalue weighted by Gasteiger charge is -2.13. The molecule has 4 heteroatoms. The molecule has 0 saturated carbocycles. The highest BCUT2D eigenvalue weighted by molar-refractivity contribution is 5.87. The second-order valence-corrected chi connectivity index (χ2v) is 7.81. The Bertz CT molecular complexity index is 395. The highest BCUT2D eigenvalue weighted by Crippen LogP contribution is 2.18. The zero-order valence-corrected chi connectivity index (χ0v) is 18.1. The number of hydrogen-bond donors (Lipinski definition) is 1. The summed E-state index contributed by atoms with van der Waals surface area (Å²) in [6.45, 7) is 9.67. The fourth-order valence-electron chi connectivity index (χ4n) is 3.25. The smallest absolute Gasteiger partial charge is 0.307 e. The van der Waals surface area contributed by atoms with Crippen molar-refractivity contribution in [3.05, 3.63) is 12.7 Å². The molecule has 0 aromatic rings. The maximum Gasteiger partial charge on any atom is 0.307 e. The second kappa shape index (κ2) is 18.1. The Morgan fingerprint density at radius 2 is 1.41 bits per heavy atom. The third-order valence-electron chi connectivity index (χ3n) is 4.97. The molecule has 0 rings (SSSR count). The van der Waals surface area contributed by atoms with E-state index < -0.39 is 6.23 Å². The molecule has 158 valence electrons. The maximum absolute atomic E-state index is 11.7. The van der Waals surface area contributed by atoms with Crippen molar-refractivity contribution < 1.29 is 14.3 Å². The van der Waals surface area contributed by atoms with E-state index in [1.807, 2.05) is 0 Å². The van der Waals surface area contributed by atoms with Gasteiger partial charge in [0, 0.05) is 6.42 Å². The molecule has 0 fully saturated rings. The van der Waals surface area contributed by atoms with Crippen molar-refractivity contribution in [1.29, 1.82) is 0 Å². The Morgan fingerprint density at radius 3 is 1.96 bits per heavy atom. The fourth-order valence-corrected chi connectivity index (χ4v) is 3.25. The summed E-state index contributed by atoms with van der Waals surface area (Å²) in [5.41, 5.74) is 0. The van der Waals surface area contributed by atoms with Crippen molar-refractivity contribution in [1.82, 2.24) is 5.32 Å². The van der Waals surface area contributed by atoms with Crippen LogP contribution < -0.4 is 5.32 Å². The molecule has 0 aliphatic rings. The number of hydrogen-bond acceptors (Lipinski definition) is 3. The summed E-state index contributed by atoms with van der Waals surface area (Å²) in [7, 11) is 0. The largest absolute Gasteiger partial charge is 0.442 e. The second-order valence-electron chi connectivity index (χ2n) is 7.81. The van der Waals surface area contributed by atoms with E-state index in [0.29, 0.717) is 6.42 Å². The van der Waals surface area contributed by atoms with Gasteiger partial charge in [0.05, 0.1) is 0 Å². The molecular formula is C23H43NO3. The van der Waals surface area contributed by atoms with Gasteiger partial charge in [0.25, 0.3) is 0 Å². The molecule has 0 spiro atoms.